The third kappa shape index (κ3) is 2.07. The Labute approximate surface area is 112 Å². The number of aliphatic hydroxyl groups is 1. The predicted molar refractivity (Wildman–Crippen MR) is 74.9 cm³/mol. The maximum atomic E-state index is 13.3. The van der Waals surface area contributed by atoms with Crippen molar-refractivity contribution in [3.05, 3.63) is 57.5 Å². The Bertz CT molecular complexity index is 650. The van der Waals surface area contributed by atoms with Gasteiger partial charge in [0.2, 0.25) is 0 Å². The van der Waals surface area contributed by atoms with E-state index in [2.05, 4.69) is 0 Å². The lowest BCUT2D eigenvalue weighted by Crippen LogP contribution is -1.98. The van der Waals surface area contributed by atoms with Crippen molar-refractivity contribution in [1.29, 1.82) is 0 Å². The molecular weight excluding hydrogens is 267 g/mol. The number of aliphatic hydroxyl groups excluding tert-OH is 1. The summed E-state index contributed by atoms with van der Waals surface area (Å²) in [5, 5.41) is 12.3. The number of benzene rings is 1. The quantitative estimate of drug-likeness (QED) is 0.732. The van der Waals surface area contributed by atoms with Gasteiger partial charge in [-0.1, -0.05) is 6.07 Å². The third-order valence-electron chi connectivity index (χ3n) is 2.81. The van der Waals surface area contributed by atoms with Gasteiger partial charge in [-0.25, -0.2) is 4.39 Å². The number of hydrogen-bond acceptors (Lipinski definition) is 3. The fourth-order valence-electron chi connectivity index (χ4n) is 2.01. The monoisotopic (exact) mass is 278 g/mol. The summed E-state index contributed by atoms with van der Waals surface area (Å²) in [5.74, 6) is -0.303. The van der Waals surface area contributed by atoms with Gasteiger partial charge in [-0.15, -0.1) is 22.7 Å². The second kappa shape index (κ2) is 4.46. The number of hydrogen-bond donors (Lipinski definition) is 1. The van der Waals surface area contributed by atoms with Crippen LogP contribution in [0.5, 0.6) is 0 Å². The van der Waals surface area contributed by atoms with Gasteiger partial charge in [0.15, 0.2) is 0 Å². The summed E-state index contributed by atoms with van der Waals surface area (Å²) in [4.78, 5) is 0.863. The number of fused-ring (bicyclic) bond motifs is 1. The molecule has 2 aromatic heterocycles. The van der Waals surface area contributed by atoms with Gasteiger partial charge < -0.3 is 5.11 Å². The second-order valence-electron chi connectivity index (χ2n) is 4.26. The summed E-state index contributed by atoms with van der Waals surface area (Å²) in [5.41, 5.74) is 1.43. The largest absolute Gasteiger partial charge is 0.383 e. The average Bonchev–Trinajstić information content (AvgIpc) is 2.86. The van der Waals surface area contributed by atoms with Crippen LogP contribution in [0, 0.1) is 12.7 Å². The molecule has 0 fully saturated rings. The summed E-state index contributed by atoms with van der Waals surface area (Å²) in [6, 6.07) is 8.70. The Hall–Kier alpha value is -1.23. The molecule has 2 heterocycles. The highest BCUT2D eigenvalue weighted by Crippen LogP contribution is 2.36. The molecule has 3 aromatic rings. The van der Waals surface area contributed by atoms with Gasteiger partial charge in [0.25, 0.3) is 0 Å². The van der Waals surface area contributed by atoms with Crippen LogP contribution in [0.4, 0.5) is 4.39 Å². The first-order valence-corrected chi connectivity index (χ1v) is 7.25. The Morgan fingerprint density at radius 2 is 2.00 bits per heavy atom. The van der Waals surface area contributed by atoms with Crippen molar-refractivity contribution >= 4 is 32.1 Å². The molecule has 1 unspecified atom stereocenters. The molecule has 4 heteroatoms. The van der Waals surface area contributed by atoms with E-state index in [9.17, 15) is 9.50 Å². The first kappa shape index (κ1) is 11.8. The fraction of sp³-hybridized carbons (Fsp3) is 0.143. The Balaban J connectivity index is 2.03. The summed E-state index contributed by atoms with van der Waals surface area (Å²) in [6.45, 7) is 1.83. The molecule has 3 rings (SSSR count). The van der Waals surface area contributed by atoms with Crippen LogP contribution in [0.25, 0.3) is 9.40 Å². The number of thiophene rings is 2. The van der Waals surface area contributed by atoms with Crippen molar-refractivity contribution in [3.8, 4) is 0 Å². The van der Waals surface area contributed by atoms with Crippen molar-refractivity contribution in [1.82, 2.24) is 0 Å². The molecule has 1 N–H and O–H groups in total. The van der Waals surface area contributed by atoms with Crippen LogP contribution >= 0.6 is 22.7 Å². The fourth-order valence-corrected chi connectivity index (χ4v) is 4.14. The molecule has 0 saturated carbocycles. The SMILES string of the molecule is Cc1cc(F)cc(C(O)c2cc3sccc3s2)c1. The maximum absolute atomic E-state index is 13.3. The molecule has 0 saturated heterocycles. The van der Waals surface area contributed by atoms with E-state index in [1.807, 2.05) is 30.5 Å². The minimum absolute atomic E-state index is 0.303. The van der Waals surface area contributed by atoms with Crippen LogP contribution in [0.3, 0.4) is 0 Å². The highest BCUT2D eigenvalue weighted by atomic mass is 32.1. The van der Waals surface area contributed by atoms with Gasteiger partial charge in [-0.05, 0) is 47.7 Å². The van der Waals surface area contributed by atoms with E-state index in [1.165, 1.54) is 21.5 Å². The van der Waals surface area contributed by atoms with Crippen molar-refractivity contribution < 1.29 is 9.50 Å². The zero-order valence-corrected chi connectivity index (χ0v) is 11.3. The van der Waals surface area contributed by atoms with E-state index in [4.69, 9.17) is 0 Å². The van der Waals surface area contributed by atoms with Crippen LogP contribution in [-0.2, 0) is 0 Å². The highest BCUT2D eigenvalue weighted by molar-refractivity contribution is 7.26. The molecule has 1 aromatic carbocycles. The molecule has 0 radical (unpaired) electrons. The highest BCUT2D eigenvalue weighted by Gasteiger charge is 2.15. The molecule has 0 aliphatic heterocycles. The van der Waals surface area contributed by atoms with Crippen LogP contribution in [0.2, 0.25) is 0 Å². The van der Waals surface area contributed by atoms with Gasteiger partial charge in [0, 0.05) is 14.3 Å². The van der Waals surface area contributed by atoms with E-state index in [0.717, 1.165) is 10.4 Å². The molecule has 18 heavy (non-hydrogen) atoms. The average molecular weight is 278 g/mol. The molecule has 1 nitrogen and oxygen atoms in total. The maximum Gasteiger partial charge on any atom is 0.123 e. The van der Waals surface area contributed by atoms with Crippen molar-refractivity contribution in [3.63, 3.8) is 0 Å². The van der Waals surface area contributed by atoms with Crippen molar-refractivity contribution in [2.24, 2.45) is 0 Å². The number of rotatable bonds is 2. The smallest absolute Gasteiger partial charge is 0.123 e. The minimum Gasteiger partial charge on any atom is -0.383 e. The van der Waals surface area contributed by atoms with E-state index in [1.54, 1.807) is 22.7 Å². The Morgan fingerprint density at radius 3 is 2.72 bits per heavy atom. The first-order chi connectivity index (χ1) is 8.63. The van der Waals surface area contributed by atoms with Gasteiger partial charge >= 0.3 is 0 Å². The van der Waals surface area contributed by atoms with Crippen molar-refractivity contribution in [2.45, 2.75) is 13.0 Å². The number of aryl methyl sites for hydroxylation is 1. The van der Waals surface area contributed by atoms with E-state index in [-0.39, 0.29) is 5.82 Å². The number of halogens is 1. The van der Waals surface area contributed by atoms with Crippen LogP contribution < -0.4 is 0 Å². The van der Waals surface area contributed by atoms with Gasteiger partial charge in [-0.3, -0.25) is 0 Å². The second-order valence-corrected chi connectivity index (χ2v) is 6.33. The lowest BCUT2D eigenvalue weighted by molar-refractivity contribution is 0.223. The first-order valence-electron chi connectivity index (χ1n) is 5.55. The summed E-state index contributed by atoms with van der Waals surface area (Å²) in [7, 11) is 0. The van der Waals surface area contributed by atoms with Crippen LogP contribution in [0.15, 0.2) is 35.7 Å². The Morgan fingerprint density at radius 1 is 1.17 bits per heavy atom. The zero-order chi connectivity index (χ0) is 12.7. The van der Waals surface area contributed by atoms with Crippen molar-refractivity contribution in [2.75, 3.05) is 0 Å². The van der Waals surface area contributed by atoms with Gasteiger partial charge in [-0.2, -0.15) is 0 Å². The summed E-state index contributed by atoms with van der Waals surface area (Å²) < 4.78 is 15.7. The van der Waals surface area contributed by atoms with E-state index >= 15 is 0 Å². The Kier molecular flexibility index (Phi) is 2.93. The zero-order valence-electron chi connectivity index (χ0n) is 9.68. The summed E-state index contributed by atoms with van der Waals surface area (Å²) >= 11 is 3.21. The standard InChI is InChI=1S/C14H11FOS2/c1-8-4-9(6-10(15)5-8)14(16)13-7-12-11(18-13)2-3-17-12/h2-7,14,16H,1H3. The van der Waals surface area contributed by atoms with E-state index in [0.29, 0.717) is 5.56 Å². The molecule has 0 amide bonds. The normalized spacial score (nSPS) is 13.1. The molecule has 92 valence electrons. The van der Waals surface area contributed by atoms with Gasteiger partial charge in [0.05, 0.1) is 0 Å². The molecular formula is C14H11FOS2. The summed E-state index contributed by atoms with van der Waals surface area (Å²) in [6.07, 6.45) is -0.746. The molecule has 0 aliphatic rings. The predicted octanol–water partition coefficient (Wildman–Crippen LogP) is 4.49. The van der Waals surface area contributed by atoms with Crippen LogP contribution in [-0.4, -0.2) is 5.11 Å². The molecule has 0 spiro atoms. The third-order valence-corrected chi connectivity index (χ3v) is 4.95. The minimum atomic E-state index is -0.746. The van der Waals surface area contributed by atoms with Crippen LogP contribution in [0.1, 0.15) is 22.1 Å². The molecule has 0 bridgehead atoms. The van der Waals surface area contributed by atoms with E-state index < -0.39 is 6.10 Å². The molecule has 1 atom stereocenters. The topological polar surface area (TPSA) is 20.2 Å². The van der Waals surface area contributed by atoms with Gasteiger partial charge in [0.1, 0.15) is 11.9 Å². The lowest BCUT2D eigenvalue weighted by Gasteiger charge is -2.09. The molecule has 0 aliphatic carbocycles. The lowest BCUT2D eigenvalue weighted by atomic mass is 10.1.